The van der Waals surface area contributed by atoms with Gasteiger partial charge in [-0.15, -0.1) is 0 Å². The third-order valence-electron chi connectivity index (χ3n) is 8.67. The summed E-state index contributed by atoms with van der Waals surface area (Å²) in [6.45, 7) is 9.11. The Balaban J connectivity index is 1.28. The Labute approximate surface area is 271 Å². The summed E-state index contributed by atoms with van der Waals surface area (Å²) in [6.07, 6.45) is 1.83. The molecule has 0 unspecified atom stereocenters. The second-order valence-corrected chi connectivity index (χ2v) is 13.1. The smallest absolute Gasteiger partial charge is 0.347 e. The number of carbonyl (C=O) groups excluding carboxylic acids is 1. The molecule has 1 atom stereocenters. The molecule has 1 saturated heterocycles. The fourth-order valence-electron chi connectivity index (χ4n) is 6.00. The van der Waals surface area contributed by atoms with E-state index in [4.69, 9.17) is 9.47 Å². The molecule has 0 aromatic heterocycles. The van der Waals surface area contributed by atoms with Crippen molar-refractivity contribution in [2.45, 2.75) is 57.8 Å². The van der Waals surface area contributed by atoms with Crippen molar-refractivity contribution in [3.05, 3.63) is 137 Å². The number of carbonyl (C=O) groups is 2. The largest absolute Gasteiger partial charge is 0.489 e. The van der Waals surface area contributed by atoms with Crippen molar-refractivity contribution >= 4 is 11.9 Å². The Hall–Kier alpha value is -4.46. The number of benzene rings is 4. The van der Waals surface area contributed by atoms with Crippen LogP contribution in [0.25, 0.3) is 0 Å². The lowest BCUT2D eigenvalue weighted by Gasteiger charge is -2.33. The van der Waals surface area contributed by atoms with Gasteiger partial charge in [-0.3, -0.25) is 4.90 Å². The summed E-state index contributed by atoms with van der Waals surface area (Å²) in [5.41, 5.74) is 1.45. The second-order valence-electron chi connectivity index (χ2n) is 13.1. The highest BCUT2D eigenvalue weighted by molar-refractivity contribution is 5.90. The predicted octanol–water partition coefficient (Wildman–Crippen LogP) is 6.95. The van der Waals surface area contributed by atoms with E-state index in [1.165, 1.54) is 5.56 Å². The lowest BCUT2D eigenvalue weighted by molar-refractivity contribution is -0.164. The van der Waals surface area contributed by atoms with Crippen LogP contribution in [0.5, 0.6) is 5.75 Å². The summed E-state index contributed by atoms with van der Waals surface area (Å²) >= 11 is 0. The Morgan fingerprint density at radius 2 is 1.46 bits per heavy atom. The zero-order valence-corrected chi connectivity index (χ0v) is 26.8. The van der Waals surface area contributed by atoms with Crippen LogP contribution in [-0.2, 0) is 33.7 Å². The minimum atomic E-state index is -2.03. The number of hydrogen-bond acceptors (Lipinski definition) is 6. The van der Waals surface area contributed by atoms with Crippen LogP contribution in [0.4, 0.5) is 0 Å². The Kier molecular flexibility index (Phi) is 10.2. The average Bonchev–Trinajstić information content (AvgIpc) is 3.07. The van der Waals surface area contributed by atoms with Gasteiger partial charge in [-0.2, -0.15) is 0 Å². The van der Waals surface area contributed by atoms with Crippen LogP contribution in [0.15, 0.2) is 103 Å². The zero-order chi connectivity index (χ0) is 32.7. The van der Waals surface area contributed by atoms with Gasteiger partial charge in [0.2, 0.25) is 5.60 Å². The van der Waals surface area contributed by atoms with Crippen molar-refractivity contribution in [3.63, 3.8) is 0 Å². The fraction of sp³-hybridized carbons (Fsp3) is 0.333. The van der Waals surface area contributed by atoms with Crippen LogP contribution in [0.3, 0.4) is 0 Å². The molecule has 0 aliphatic carbocycles. The van der Waals surface area contributed by atoms with E-state index in [-0.39, 0.29) is 30.1 Å². The van der Waals surface area contributed by atoms with Crippen molar-refractivity contribution in [3.8, 4) is 5.75 Å². The molecule has 7 heteroatoms. The SMILES string of the molecule is CC(C)(C)c1cc(COc2cccc([C@](O)(C(=O)OCC3CCN(Cc4ccccc4)CC3)c3ccccc3)c2)ccc1C(=O)O. The first-order valence-electron chi connectivity index (χ1n) is 15.9. The van der Waals surface area contributed by atoms with Crippen molar-refractivity contribution in [1.82, 2.24) is 4.90 Å². The van der Waals surface area contributed by atoms with Crippen molar-refractivity contribution in [1.29, 1.82) is 0 Å². The van der Waals surface area contributed by atoms with E-state index < -0.39 is 17.5 Å². The molecule has 4 aromatic rings. The summed E-state index contributed by atoms with van der Waals surface area (Å²) in [6, 6.07) is 31.3. The highest BCUT2D eigenvalue weighted by Crippen LogP contribution is 2.34. The number of aromatic carboxylic acids is 1. The first-order chi connectivity index (χ1) is 22.0. The fourth-order valence-corrected chi connectivity index (χ4v) is 6.00. The number of carboxylic acid groups (broad SMARTS) is 1. The van der Waals surface area contributed by atoms with Crippen LogP contribution >= 0.6 is 0 Å². The molecule has 1 aliphatic heterocycles. The van der Waals surface area contributed by atoms with Crippen molar-refractivity contribution in [2.75, 3.05) is 19.7 Å². The Morgan fingerprint density at radius 3 is 2.11 bits per heavy atom. The van der Waals surface area contributed by atoms with Gasteiger partial charge in [-0.05, 0) is 77.7 Å². The summed E-state index contributed by atoms with van der Waals surface area (Å²) < 4.78 is 12.0. The van der Waals surface area contributed by atoms with E-state index in [0.717, 1.165) is 43.6 Å². The number of esters is 1. The first kappa shape index (κ1) is 32.9. The molecule has 1 aliphatic rings. The van der Waals surface area contributed by atoms with E-state index in [0.29, 0.717) is 16.9 Å². The second kappa shape index (κ2) is 14.3. The minimum Gasteiger partial charge on any atom is -0.489 e. The van der Waals surface area contributed by atoms with Crippen molar-refractivity contribution < 1.29 is 29.3 Å². The maximum atomic E-state index is 13.8. The van der Waals surface area contributed by atoms with Gasteiger partial charge in [-0.1, -0.05) is 106 Å². The van der Waals surface area contributed by atoms with Crippen molar-refractivity contribution in [2.24, 2.45) is 5.92 Å². The van der Waals surface area contributed by atoms with Gasteiger partial charge in [-0.25, -0.2) is 9.59 Å². The number of ether oxygens (including phenoxy) is 2. The summed E-state index contributed by atoms with van der Waals surface area (Å²) in [4.78, 5) is 28.0. The van der Waals surface area contributed by atoms with E-state index in [2.05, 4.69) is 29.2 Å². The average molecular weight is 622 g/mol. The standard InChI is InChI=1S/C39H43NO6/c1-38(2,3)35-23-30(17-18-34(35)36(41)42)27-45-33-16-10-15-32(24-33)39(44,31-13-8-5-9-14-31)37(43)46-26-29-19-21-40(22-20-29)25-28-11-6-4-7-12-28/h4-18,23-24,29,44H,19-22,25-27H2,1-3H3,(H,41,42)/t39-/m0/s1. The number of piperidine rings is 1. The molecule has 0 amide bonds. The molecule has 0 bridgehead atoms. The molecule has 0 saturated carbocycles. The van der Waals surface area contributed by atoms with E-state index in [1.807, 2.05) is 39.0 Å². The summed E-state index contributed by atoms with van der Waals surface area (Å²) in [5.74, 6) is -1.01. The molecular weight excluding hydrogens is 578 g/mol. The van der Waals surface area contributed by atoms with E-state index in [9.17, 15) is 19.8 Å². The third kappa shape index (κ3) is 7.84. The molecule has 5 rings (SSSR count). The first-order valence-corrected chi connectivity index (χ1v) is 15.9. The maximum absolute atomic E-state index is 13.8. The monoisotopic (exact) mass is 621 g/mol. The lowest BCUT2D eigenvalue weighted by atomic mass is 9.83. The lowest BCUT2D eigenvalue weighted by Crippen LogP contribution is -2.40. The molecule has 0 radical (unpaired) electrons. The normalized spacial score (nSPS) is 15.6. The van der Waals surface area contributed by atoms with Crippen LogP contribution in [0, 0.1) is 5.92 Å². The third-order valence-corrected chi connectivity index (χ3v) is 8.67. The number of nitrogens with zero attached hydrogens (tertiary/aromatic N) is 1. The molecule has 4 aromatic carbocycles. The van der Waals surface area contributed by atoms with Gasteiger partial charge >= 0.3 is 11.9 Å². The highest BCUT2D eigenvalue weighted by atomic mass is 16.5. The van der Waals surface area contributed by atoms with Crippen LogP contribution in [0.2, 0.25) is 0 Å². The number of aliphatic hydroxyl groups is 1. The van der Waals surface area contributed by atoms with Crippen LogP contribution in [0.1, 0.15) is 71.8 Å². The number of carboxylic acids is 1. The minimum absolute atomic E-state index is 0.184. The highest BCUT2D eigenvalue weighted by Gasteiger charge is 2.42. The molecular formula is C39H43NO6. The molecule has 1 heterocycles. The Bertz CT molecular complexity index is 1620. The van der Waals surface area contributed by atoms with Crippen LogP contribution in [-0.4, -0.2) is 46.7 Å². The van der Waals surface area contributed by atoms with Gasteiger partial charge in [0.05, 0.1) is 12.2 Å². The van der Waals surface area contributed by atoms with Gasteiger partial charge in [0.1, 0.15) is 12.4 Å². The maximum Gasteiger partial charge on any atom is 0.347 e. The molecule has 46 heavy (non-hydrogen) atoms. The molecule has 2 N–H and O–H groups in total. The predicted molar refractivity (Wildman–Crippen MR) is 178 cm³/mol. The van der Waals surface area contributed by atoms with Crippen LogP contribution < -0.4 is 4.74 Å². The van der Waals surface area contributed by atoms with Gasteiger partial charge in [0.15, 0.2) is 0 Å². The molecule has 1 fully saturated rings. The quantitative estimate of drug-likeness (QED) is 0.175. The summed E-state index contributed by atoms with van der Waals surface area (Å²) in [7, 11) is 0. The summed E-state index contributed by atoms with van der Waals surface area (Å²) in [5, 5.41) is 21.7. The van der Waals surface area contributed by atoms with E-state index in [1.54, 1.807) is 60.7 Å². The zero-order valence-electron chi connectivity index (χ0n) is 26.8. The topological polar surface area (TPSA) is 96.3 Å². The number of hydrogen-bond donors (Lipinski definition) is 2. The van der Waals surface area contributed by atoms with Gasteiger partial charge in [0.25, 0.3) is 0 Å². The molecule has 7 nitrogen and oxygen atoms in total. The number of likely N-dealkylation sites (tertiary alicyclic amines) is 1. The van der Waals surface area contributed by atoms with E-state index >= 15 is 0 Å². The molecule has 240 valence electrons. The van der Waals surface area contributed by atoms with Gasteiger partial charge in [0, 0.05) is 12.1 Å². The molecule has 0 spiro atoms. The van der Waals surface area contributed by atoms with Gasteiger partial charge < -0.3 is 19.7 Å². The number of rotatable bonds is 11. The Morgan fingerprint density at radius 1 is 0.804 bits per heavy atom.